The molecule has 0 aliphatic heterocycles. The number of primary amides is 1. The molecule has 5 rings (SSSR count). The second-order valence-corrected chi connectivity index (χ2v) is 12.6. The van der Waals surface area contributed by atoms with Crippen molar-refractivity contribution in [2.75, 3.05) is 5.75 Å². The molecular formula is C29H30ClN3O4S. The number of aromatic amines is 1. The highest BCUT2D eigenvalue weighted by Crippen LogP contribution is 2.38. The third kappa shape index (κ3) is 5.71. The number of ether oxygens (including phenoxy) is 1. The van der Waals surface area contributed by atoms with Crippen molar-refractivity contribution in [2.24, 2.45) is 11.7 Å². The van der Waals surface area contributed by atoms with Crippen LogP contribution in [0.3, 0.4) is 0 Å². The van der Waals surface area contributed by atoms with Gasteiger partial charge in [0.1, 0.15) is 11.6 Å². The van der Waals surface area contributed by atoms with Crippen LogP contribution in [0.25, 0.3) is 22.2 Å². The van der Waals surface area contributed by atoms with E-state index in [1.807, 2.05) is 50.2 Å². The third-order valence-electron chi connectivity index (χ3n) is 6.66. The number of carbonyl (C=O) groups is 1. The van der Waals surface area contributed by atoms with Crippen LogP contribution in [0, 0.1) is 5.92 Å². The fraction of sp³-hybridized carbons (Fsp3) is 0.310. The maximum Gasteiger partial charge on any atom is 0.218 e. The Labute approximate surface area is 227 Å². The van der Waals surface area contributed by atoms with Crippen molar-refractivity contribution in [1.82, 2.24) is 9.97 Å². The van der Waals surface area contributed by atoms with Gasteiger partial charge in [0.25, 0.3) is 0 Å². The molecular weight excluding hydrogens is 522 g/mol. The second-order valence-electron chi connectivity index (χ2n) is 10.2. The van der Waals surface area contributed by atoms with Crippen LogP contribution in [0.5, 0.6) is 5.75 Å². The maximum atomic E-state index is 12.7. The topological polar surface area (TPSA) is 115 Å². The number of amides is 1. The molecule has 1 aromatic heterocycles. The Morgan fingerprint density at radius 3 is 2.47 bits per heavy atom. The maximum absolute atomic E-state index is 12.7. The number of fused-ring (bicyclic) bond motifs is 1. The van der Waals surface area contributed by atoms with E-state index in [1.54, 1.807) is 24.3 Å². The number of halogens is 1. The smallest absolute Gasteiger partial charge is 0.218 e. The highest BCUT2D eigenvalue weighted by atomic mass is 35.5. The number of aromatic nitrogens is 2. The van der Waals surface area contributed by atoms with Crippen molar-refractivity contribution in [3.8, 4) is 16.9 Å². The number of rotatable bonds is 10. The standard InChI is InChI=1S/C29H30ClN3O4S/c1-17(2)37-27-6-4-3-5-21(27)23-13-25-26(15-24(23)30)33-29(32-25)22(14-28(31)34)19-9-11-20(12-10-19)38(35,36)16-18-7-8-18/h3-6,9-13,15,17-18,22H,7-8,14,16H2,1-2H3,(H2,31,34)(H,32,33). The summed E-state index contributed by atoms with van der Waals surface area (Å²) in [6.07, 6.45) is 1.94. The Morgan fingerprint density at radius 1 is 1.11 bits per heavy atom. The van der Waals surface area contributed by atoms with E-state index in [9.17, 15) is 13.2 Å². The molecule has 0 spiro atoms. The molecule has 1 heterocycles. The molecule has 1 fully saturated rings. The van der Waals surface area contributed by atoms with E-state index >= 15 is 0 Å². The number of carbonyl (C=O) groups excluding carboxylic acids is 1. The second kappa shape index (κ2) is 10.4. The van der Waals surface area contributed by atoms with Crippen molar-refractivity contribution in [3.05, 3.63) is 77.1 Å². The monoisotopic (exact) mass is 551 g/mol. The highest BCUT2D eigenvalue weighted by molar-refractivity contribution is 7.91. The van der Waals surface area contributed by atoms with Gasteiger partial charge in [0.2, 0.25) is 5.91 Å². The van der Waals surface area contributed by atoms with Crippen LogP contribution in [0.4, 0.5) is 0 Å². The Balaban J connectivity index is 1.51. The molecule has 0 bridgehead atoms. The van der Waals surface area contributed by atoms with E-state index < -0.39 is 21.7 Å². The van der Waals surface area contributed by atoms with Crippen molar-refractivity contribution in [3.63, 3.8) is 0 Å². The van der Waals surface area contributed by atoms with Crippen molar-refractivity contribution >= 4 is 38.4 Å². The molecule has 0 saturated heterocycles. The minimum atomic E-state index is -3.33. The zero-order valence-corrected chi connectivity index (χ0v) is 22.9. The summed E-state index contributed by atoms with van der Waals surface area (Å²) in [7, 11) is -3.33. The Morgan fingerprint density at radius 2 is 1.82 bits per heavy atom. The van der Waals surface area contributed by atoms with E-state index in [-0.39, 0.29) is 29.1 Å². The summed E-state index contributed by atoms with van der Waals surface area (Å²) in [6.45, 7) is 3.94. The third-order valence-corrected chi connectivity index (χ3v) is 8.87. The molecule has 0 radical (unpaired) electrons. The summed E-state index contributed by atoms with van der Waals surface area (Å²) >= 11 is 6.70. The Hall–Kier alpha value is -3.36. The van der Waals surface area contributed by atoms with Gasteiger partial charge in [-0.1, -0.05) is 41.9 Å². The molecule has 1 unspecified atom stereocenters. The number of benzene rings is 3. The predicted octanol–water partition coefficient (Wildman–Crippen LogP) is 5.86. The van der Waals surface area contributed by atoms with E-state index in [0.29, 0.717) is 21.9 Å². The van der Waals surface area contributed by atoms with E-state index in [2.05, 4.69) is 4.98 Å². The van der Waals surface area contributed by atoms with Gasteiger partial charge in [0, 0.05) is 17.5 Å². The molecule has 1 atom stereocenters. The molecule has 3 aromatic carbocycles. The zero-order valence-electron chi connectivity index (χ0n) is 21.3. The van der Waals surface area contributed by atoms with Gasteiger partial charge < -0.3 is 15.5 Å². The quantitative estimate of drug-likeness (QED) is 0.256. The van der Waals surface area contributed by atoms with Crippen LogP contribution >= 0.6 is 11.6 Å². The number of sulfone groups is 1. The first-order valence-corrected chi connectivity index (χ1v) is 14.7. The van der Waals surface area contributed by atoms with Gasteiger partial charge in [0.15, 0.2) is 9.84 Å². The Kier molecular flexibility index (Phi) is 7.20. The normalized spacial score (nSPS) is 14.6. The van der Waals surface area contributed by atoms with Crippen LogP contribution in [0.15, 0.2) is 65.6 Å². The van der Waals surface area contributed by atoms with Crippen molar-refractivity contribution in [2.45, 2.75) is 50.0 Å². The summed E-state index contributed by atoms with van der Waals surface area (Å²) in [4.78, 5) is 20.4. The highest BCUT2D eigenvalue weighted by Gasteiger charge is 2.29. The van der Waals surface area contributed by atoms with E-state index in [1.165, 1.54) is 0 Å². The average molecular weight is 552 g/mol. The number of nitrogens with zero attached hydrogens (tertiary/aromatic N) is 1. The lowest BCUT2D eigenvalue weighted by atomic mass is 9.95. The fourth-order valence-electron chi connectivity index (χ4n) is 4.64. The van der Waals surface area contributed by atoms with Crippen LogP contribution in [0.1, 0.15) is 50.4 Å². The SMILES string of the molecule is CC(C)Oc1ccccc1-c1cc2nc(C(CC(N)=O)c3ccc(S(=O)(=O)CC4CC4)cc3)[nH]c2cc1Cl. The van der Waals surface area contributed by atoms with Gasteiger partial charge in [0.05, 0.1) is 38.7 Å². The van der Waals surface area contributed by atoms with Gasteiger partial charge in [-0.3, -0.25) is 4.79 Å². The lowest BCUT2D eigenvalue weighted by molar-refractivity contribution is -0.118. The number of nitrogens with two attached hydrogens (primary N) is 1. The summed E-state index contributed by atoms with van der Waals surface area (Å²) in [5.41, 5.74) is 9.37. The summed E-state index contributed by atoms with van der Waals surface area (Å²) in [6, 6.07) is 18.1. The van der Waals surface area contributed by atoms with Gasteiger partial charge in [-0.15, -0.1) is 0 Å². The predicted molar refractivity (Wildman–Crippen MR) is 149 cm³/mol. The molecule has 1 amide bonds. The average Bonchev–Trinajstić information content (AvgIpc) is 3.57. The number of H-pyrrole nitrogens is 1. The van der Waals surface area contributed by atoms with Crippen molar-refractivity contribution < 1.29 is 17.9 Å². The number of nitrogens with one attached hydrogen (secondary N) is 1. The Bertz CT molecular complexity index is 1590. The number of para-hydroxylation sites is 1. The lowest BCUT2D eigenvalue weighted by Gasteiger charge is -2.15. The molecule has 1 saturated carbocycles. The molecule has 4 aromatic rings. The van der Waals surface area contributed by atoms with E-state index in [0.717, 1.165) is 35.3 Å². The van der Waals surface area contributed by atoms with Crippen LogP contribution < -0.4 is 10.5 Å². The molecule has 9 heteroatoms. The molecule has 1 aliphatic carbocycles. The summed E-state index contributed by atoms with van der Waals surface area (Å²) in [5.74, 6) is 0.751. The van der Waals surface area contributed by atoms with Gasteiger partial charge in [-0.25, -0.2) is 13.4 Å². The minimum absolute atomic E-state index is 0.000262. The molecule has 3 N–H and O–H groups in total. The lowest BCUT2D eigenvalue weighted by Crippen LogP contribution is -2.17. The number of imidazole rings is 1. The first-order chi connectivity index (χ1) is 18.1. The van der Waals surface area contributed by atoms with E-state index in [4.69, 9.17) is 27.1 Å². The summed E-state index contributed by atoms with van der Waals surface area (Å²) < 4.78 is 31.3. The molecule has 198 valence electrons. The van der Waals surface area contributed by atoms with Gasteiger partial charge >= 0.3 is 0 Å². The van der Waals surface area contributed by atoms with Gasteiger partial charge in [-0.2, -0.15) is 0 Å². The minimum Gasteiger partial charge on any atom is -0.490 e. The first-order valence-electron chi connectivity index (χ1n) is 12.7. The fourth-order valence-corrected chi connectivity index (χ4v) is 6.60. The van der Waals surface area contributed by atoms with Crippen LogP contribution in [0.2, 0.25) is 5.02 Å². The molecule has 7 nitrogen and oxygen atoms in total. The van der Waals surface area contributed by atoms with Crippen LogP contribution in [-0.2, 0) is 14.6 Å². The first kappa shape index (κ1) is 26.3. The van der Waals surface area contributed by atoms with Gasteiger partial charge in [-0.05, 0) is 68.5 Å². The number of hydrogen-bond acceptors (Lipinski definition) is 5. The molecule has 38 heavy (non-hydrogen) atoms. The summed E-state index contributed by atoms with van der Waals surface area (Å²) in [5, 5.41) is 0.532. The zero-order chi connectivity index (χ0) is 27.0. The van der Waals surface area contributed by atoms with Crippen molar-refractivity contribution in [1.29, 1.82) is 0 Å². The molecule has 1 aliphatic rings. The van der Waals surface area contributed by atoms with Crippen LogP contribution in [-0.4, -0.2) is 36.1 Å². The number of hydrogen-bond donors (Lipinski definition) is 2. The largest absolute Gasteiger partial charge is 0.490 e.